The third kappa shape index (κ3) is 5.05. The number of para-hydroxylation sites is 1. The number of hydrogen-bond donors (Lipinski definition) is 1. The molecule has 2 aromatic heterocycles. The van der Waals surface area contributed by atoms with Crippen LogP contribution in [0, 0.1) is 6.92 Å². The summed E-state index contributed by atoms with van der Waals surface area (Å²) in [5.41, 5.74) is 1.44. The predicted molar refractivity (Wildman–Crippen MR) is 122 cm³/mol. The lowest BCUT2D eigenvalue weighted by Gasteiger charge is -2.10. The van der Waals surface area contributed by atoms with Crippen LogP contribution in [0.3, 0.4) is 0 Å². The lowest BCUT2D eigenvalue weighted by molar-refractivity contribution is -0.113. The van der Waals surface area contributed by atoms with Crippen LogP contribution >= 0.6 is 23.1 Å². The van der Waals surface area contributed by atoms with Crippen molar-refractivity contribution in [2.75, 3.05) is 32.3 Å². The number of benzene rings is 1. The van der Waals surface area contributed by atoms with Crippen LogP contribution in [0.2, 0.25) is 0 Å². The van der Waals surface area contributed by atoms with Gasteiger partial charge in [0.1, 0.15) is 10.6 Å². The Morgan fingerprint density at radius 3 is 2.68 bits per heavy atom. The first-order chi connectivity index (χ1) is 14.8. The number of nitrogens with zero attached hydrogens (tertiary/aromatic N) is 5. The molecule has 0 unspecified atom stereocenters. The number of anilines is 1. The molecular formula is C20H24N6O3S2. The molecule has 0 atom stereocenters. The second-order valence-corrected chi connectivity index (χ2v) is 8.66. The molecule has 31 heavy (non-hydrogen) atoms. The minimum Gasteiger partial charge on any atom is -0.496 e. The number of carbonyl (C=O) groups excluding carboxylic acids is 2. The number of methoxy groups -OCH3 is 1. The Labute approximate surface area is 188 Å². The van der Waals surface area contributed by atoms with Gasteiger partial charge in [-0.25, -0.2) is 4.98 Å². The first-order valence-corrected chi connectivity index (χ1v) is 11.3. The molecule has 3 aromatic rings. The monoisotopic (exact) mass is 460 g/mol. The molecule has 3 rings (SSSR count). The molecular weight excluding hydrogens is 436 g/mol. The van der Waals surface area contributed by atoms with Crippen molar-refractivity contribution in [1.29, 1.82) is 0 Å². The zero-order valence-corrected chi connectivity index (χ0v) is 19.6. The molecule has 0 aliphatic rings. The van der Waals surface area contributed by atoms with E-state index in [1.165, 1.54) is 28.0 Å². The first kappa shape index (κ1) is 22.8. The summed E-state index contributed by atoms with van der Waals surface area (Å²) in [5.74, 6) is 1.17. The molecule has 11 heteroatoms. The van der Waals surface area contributed by atoms with Crippen molar-refractivity contribution >= 4 is 40.0 Å². The van der Waals surface area contributed by atoms with Gasteiger partial charge in [0.25, 0.3) is 5.91 Å². The minimum atomic E-state index is -0.230. The highest BCUT2D eigenvalue weighted by Gasteiger charge is 2.20. The fourth-order valence-electron chi connectivity index (χ4n) is 2.85. The first-order valence-electron chi connectivity index (χ1n) is 9.54. The quantitative estimate of drug-likeness (QED) is 0.515. The fourth-order valence-corrected chi connectivity index (χ4v) is 4.65. The average Bonchev–Trinajstić information content (AvgIpc) is 3.33. The van der Waals surface area contributed by atoms with Gasteiger partial charge in [-0.2, -0.15) is 0 Å². The standard InChI is InChI=1S/C20H24N6O3S2/c1-6-26-17(13-9-7-8-10-14(13)29-5)23-24-20(26)30-11-15(27)22-19-21-12(2)16(31-19)18(28)25(3)4/h7-10H,6,11H2,1-5H3,(H,21,22,27). The molecule has 0 saturated heterocycles. The third-order valence-corrected chi connectivity index (χ3v) is 6.38. The van der Waals surface area contributed by atoms with Crippen LogP contribution in [-0.4, -0.2) is 63.4 Å². The van der Waals surface area contributed by atoms with E-state index in [0.29, 0.717) is 39.0 Å². The summed E-state index contributed by atoms with van der Waals surface area (Å²) in [5, 5.41) is 12.4. The molecule has 0 saturated carbocycles. The number of aromatic nitrogens is 4. The number of thiazole rings is 1. The fraction of sp³-hybridized carbons (Fsp3) is 0.350. The van der Waals surface area contributed by atoms with E-state index in [-0.39, 0.29) is 17.6 Å². The zero-order chi connectivity index (χ0) is 22.5. The topological polar surface area (TPSA) is 102 Å². The predicted octanol–water partition coefficient (Wildman–Crippen LogP) is 3.17. The van der Waals surface area contributed by atoms with E-state index in [0.717, 1.165) is 5.56 Å². The minimum absolute atomic E-state index is 0.134. The Kier molecular flexibility index (Phi) is 7.29. The Morgan fingerprint density at radius 2 is 2.00 bits per heavy atom. The van der Waals surface area contributed by atoms with E-state index in [4.69, 9.17) is 4.74 Å². The lowest BCUT2D eigenvalue weighted by atomic mass is 10.2. The number of thioether (sulfide) groups is 1. The summed E-state index contributed by atoms with van der Waals surface area (Å²) in [7, 11) is 4.97. The van der Waals surface area contributed by atoms with Gasteiger partial charge < -0.3 is 19.5 Å². The lowest BCUT2D eigenvalue weighted by Crippen LogP contribution is -2.21. The number of hydrogen-bond acceptors (Lipinski definition) is 8. The molecule has 164 valence electrons. The van der Waals surface area contributed by atoms with Gasteiger partial charge in [-0.05, 0) is 26.0 Å². The molecule has 1 N–H and O–H groups in total. The van der Waals surface area contributed by atoms with E-state index in [1.807, 2.05) is 35.8 Å². The second kappa shape index (κ2) is 9.92. The van der Waals surface area contributed by atoms with Gasteiger partial charge in [0.15, 0.2) is 16.1 Å². The van der Waals surface area contributed by atoms with E-state index in [1.54, 1.807) is 28.1 Å². The van der Waals surface area contributed by atoms with E-state index < -0.39 is 0 Å². The largest absolute Gasteiger partial charge is 0.496 e. The van der Waals surface area contributed by atoms with Crippen molar-refractivity contribution in [2.45, 2.75) is 25.5 Å². The van der Waals surface area contributed by atoms with Crippen LogP contribution < -0.4 is 10.1 Å². The molecule has 9 nitrogen and oxygen atoms in total. The molecule has 0 fully saturated rings. The molecule has 0 aliphatic carbocycles. The maximum atomic E-state index is 12.4. The molecule has 1 aromatic carbocycles. The normalized spacial score (nSPS) is 10.7. The number of aryl methyl sites for hydroxylation is 1. The SMILES string of the molecule is CCn1c(SCC(=O)Nc2nc(C)c(C(=O)N(C)C)s2)nnc1-c1ccccc1OC. The number of amides is 2. The smallest absolute Gasteiger partial charge is 0.265 e. The summed E-state index contributed by atoms with van der Waals surface area (Å²) in [4.78, 5) is 30.9. The second-order valence-electron chi connectivity index (χ2n) is 6.72. The Morgan fingerprint density at radius 1 is 1.26 bits per heavy atom. The summed E-state index contributed by atoms with van der Waals surface area (Å²) in [6, 6.07) is 7.61. The maximum absolute atomic E-state index is 12.4. The van der Waals surface area contributed by atoms with Crippen LogP contribution in [0.4, 0.5) is 5.13 Å². The molecule has 2 heterocycles. The maximum Gasteiger partial charge on any atom is 0.265 e. The van der Waals surface area contributed by atoms with E-state index in [9.17, 15) is 9.59 Å². The molecule has 0 spiro atoms. The Bertz CT molecular complexity index is 1090. The van der Waals surface area contributed by atoms with E-state index in [2.05, 4.69) is 20.5 Å². The van der Waals surface area contributed by atoms with Gasteiger partial charge in [-0.15, -0.1) is 10.2 Å². The molecule has 0 aliphatic heterocycles. The Balaban J connectivity index is 1.69. The van der Waals surface area contributed by atoms with Crippen molar-refractivity contribution in [3.05, 3.63) is 34.8 Å². The highest BCUT2D eigenvalue weighted by molar-refractivity contribution is 7.99. The van der Waals surface area contributed by atoms with Crippen LogP contribution in [-0.2, 0) is 11.3 Å². The third-order valence-electron chi connectivity index (χ3n) is 4.36. The average molecular weight is 461 g/mol. The van der Waals surface area contributed by atoms with Crippen LogP contribution in [0.15, 0.2) is 29.4 Å². The summed E-state index contributed by atoms with van der Waals surface area (Å²) in [6.07, 6.45) is 0. The van der Waals surface area contributed by atoms with Gasteiger partial charge in [0.2, 0.25) is 5.91 Å². The summed E-state index contributed by atoms with van der Waals surface area (Å²) < 4.78 is 7.37. The number of ether oxygens (including phenoxy) is 1. The zero-order valence-electron chi connectivity index (χ0n) is 18.0. The van der Waals surface area contributed by atoms with Crippen LogP contribution in [0.25, 0.3) is 11.4 Å². The van der Waals surface area contributed by atoms with Gasteiger partial charge in [0.05, 0.1) is 24.1 Å². The van der Waals surface area contributed by atoms with E-state index >= 15 is 0 Å². The van der Waals surface area contributed by atoms with Crippen molar-refractivity contribution in [1.82, 2.24) is 24.6 Å². The Hall–Kier alpha value is -2.92. The molecule has 2 amide bonds. The van der Waals surface area contributed by atoms with Crippen molar-refractivity contribution in [2.24, 2.45) is 0 Å². The van der Waals surface area contributed by atoms with Crippen molar-refractivity contribution in [3.8, 4) is 17.1 Å². The van der Waals surface area contributed by atoms with Gasteiger partial charge in [-0.3, -0.25) is 9.59 Å². The summed E-state index contributed by atoms with van der Waals surface area (Å²) in [6.45, 7) is 4.39. The highest BCUT2D eigenvalue weighted by atomic mass is 32.2. The van der Waals surface area contributed by atoms with Gasteiger partial charge in [0, 0.05) is 20.6 Å². The highest BCUT2D eigenvalue weighted by Crippen LogP contribution is 2.31. The molecule has 0 radical (unpaired) electrons. The van der Waals surface area contributed by atoms with Crippen molar-refractivity contribution < 1.29 is 14.3 Å². The van der Waals surface area contributed by atoms with Crippen LogP contribution in [0.5, 0.6) is 5.75 Å². The van der Waals surface area contributed by atoms with Crippen LogP contribution in [0.1, 0.15) is 22.3 Å². The van der Waals surface area contributed by atoms with Crippen molar-refractivity contribution in [3.63, 3.8) is 0 Å². The molecule has 0 bridgehead atoms. The van der Waals surface area contributed by atoms with Gasteiger partial charge in [-0.1, -0.05) is 35.2 Å². The summed E-state index contributed by atoms with van der Waals surface area (Å²) >= 11 is 2.46. The number of rotatable bonds is 8. The number of carbonyl (C=O) groups is 2. The van der Waals surface area contributed by atoms with Gasteiger partial charge >= 0.3 is 0 Å². The number of nitrogens with one attached hydrogen (secondary N) is 1.